The molecular weight excluding hydrogens is 136 g/mol. The van der Waals surface area contributed by atoms with Gasteiger partial charge in [-0.1, -0.05) is 0 Å². The van der Waals surface area contributed by atoms with Crippen molar-refractivity contribution < 1.29 is 20.1 Å². The van der Waals surface area contributed by atoms with E-state index in [1.54, 1.807) is 0 Å². The molecule has 0 fully saturated rings. The van der Waals surface area contributed by atoms with Gasteiger partial charge in [-0.05, 0) is 13.3 Å². The first-order valence-corrected chi connectivity index (χ1v) is 2.93. The van der Waals surface area contributed by atoms with Crippen LogP contribution in [0, 0.1) is 6.92 Å². The summed E-state index contributed by atoms with van der Waals surface area (Å²) in [4.78, 5) is 9.93. The van der Waals surface area contributed by atoms with E-state index < -0.39 is 18.2 Å². The van der Waals surface area contributed by atoms with Crippen LogP contribution in [0.3, 0.4) is 0 Å². The maximum atomic E-state index is 9.93. The first-order chi connectivity index (χ1) is 4.52. The van der Waals surface area contributed by atoms with E-state index in [0.29, 0.717) is 0 Å². The molecule has 0 saturated carbocycles. The van der Waals surface area contributed by atoms with E-state index in [9.17, 15) is 4.79 Å². The summed E-state index contributed by atoms with van der Waals surface area (Å²) in [6.45, 7) is 3.19. The van der Waals surface area contributed by atoms with Gasteiger partial charge in [-0.25, -0.2) is 0 Å². The van der Waals surface area contributed by atoms with Gasteiger partial charge >= 0.3 is 5.97 Å². The fourth-order valence-corrected chi connectivity index (χ4v) is 0.599. The lowest BCUT2D eigenvalue weighted by Crippen LogP contribution is -2.18. The fourth-order valence-electron chi connectivity index (χ4n) is 0.599. The van der Waals surface area contributed by atoms with Crippen molar-refractivity contribution in [2.45, 2.75) is 25.0 Å². The number of aliphatic carboxylic acids is 1. The van der Waals surface area contributed by atoms with Crippen LogP contribution in [0.25, 0.3) is 0 Å². The van der Waals surface area contributed by atoms with E-state index in [0.717, 1.165) is 0 Å². The van der Waals surface area contributed by atoms with Gasteiger partial charge in [0.2, 0.25) is 0 Å². The summed E-state index contributed by atoms with van der Waals surface area (Å²) in [5.74, 6) is -1.08. The number of hydrogen-bond acceptors (Lipinski definition) is 3. The third-order valence-electron chi connectivity index (χ3n) is 0.954. The van der Waals surface area contributed by atoms with Gasteiger partial charge in [0.05, 0.1) is 18.6 Å². The van der Waals surface area contributed by atoms with Crippen LogP contribution < -0.4 is 0 Å². The van der Waals surface area contributed by atoms with E-state index in [-0.39, 0.29) is 12.8 Å². The van der Waals surface area contributed by atoms with Gasteiger partial charge < -0.3 is 15.3 Å². The second-order valence-corrected chi connectivity index (χ2v) is 2.14. The van der Waals surface area contributed by atoms with Gasteiger partial charge in [-0.3, -0.25) is 4.79 Å². The normalized spacial score (nSPS) is 16.3. The molecule has 0 bridgehead atoms. The third-order valence-corrected chi connectivity index (χ3v) is 0.954. The SMILES string of the molecule is [CH2][C@H](O)C[C@@H](O)CC(=O)O. The largest absolute Gasteiger partial charge is 0.481 e. The second-order valence-electron chi connectivity index (χ2n) is 2.14. The maximum Gasteiger partial charge on any atom is 0.305 e. The number of rotatable bonds is 4. The van der Waals surface area contributed by atoms with Crippen LogP contribution >= 0.6 is 0 Å². The molecule has 0 rings (SSSR count). The van der Waals surface area contributed by atoms with Crippen molar-refractivity contribution in [2.75, 3.05) is 0 Å². The average Bonchev–Trinajstić information content (AvgIpc) is 1.58. The summed E-state index contributed by atoms with van der Waals surface area (Å²) in [5, 5.41) is 25.5. The van der Waals surface area contributed by atoms with Crippen molar-refractivity contribution in [3.05, 3.63) is 6.92 Å². The Morgan fingerprint density at radius 2 is 2.00 bits per heavy atom. The zero-order valence-electron chi connectivity index (χ0n) is 5.53. The molecule has 10 heavy (non-hydrogen) atoms. The van der Waals surface area contributed by atoms with Gasteiger partial charge in [0.15, 0.2) is 0 Å². The Kier molecular flexibility index (Phi) is 3.99. The minimum absolute atomic E-state index is 0.00625. The topological polar surface area (TPSA) is 77.8 Å². The molecule has 1 radical (unpaired) electrons. The zero-order valence-corrected chi connectivity index (χ0v) is 5.53. The van der Waals surface area contributed by atoms with Crippen molar-refractivity contribution in [1.82, 2.24) is 0 Å². The van der Waals surface area contributed by atoms with Crippen LogP contribution in [0.1, 0.15) is 12.8 Å². The number of aliphatic hydroxyl groups is 2. The third kappa shape index (κ3) is 5.53. The number of carbonyl (C=O) groups is 1. The van der Waals surface area contributed by atoms with E-state index in [4.69, 9.17) is 15.3 Å². The Hall–Kier alpha value is -0.610. The Labute approximate surface area is 59.1 Å². The highest BCUT2D eigenvalue weighted by molar-refractivity contribution is 5.67. The predicted molar refractivity (Wildman–Crippen MR) is 34.2 cm³/mol. The Balaban J connectivity index is 3.43. The van der Waals surface area contributed by atoms with Crippen LogP contribution in [0.2, 0.25) is 0 Å². The van der Waals surface area contributed by atoms with E-state index in [1.165, 1.54) is 0 Å². The second kappa shape index (κ2) is 4.24. The lowest BCUT2D eigenvalue weighted by atomic mass is 10.1. The first-order valence-electron chi connectivity index (χ1n) is 2.93. The molecule has 0 spiro atoms. The highest BCUT2D eigenvalue weighted by Gasteiger charge is 2.11. The number of hydrogen-bond donors (Lipinski definition) is 3. The van der Waals surface area contributed by atoms with Crippen molar-refractivity contribution in [1.29, 1.82) is 0 Å². The minimum atomic E-state index is -1.08. The van der Waals surface area contributed by atoms with Crippen molar-refractivity contribution in [2.24, 2.45) is 0 Å². The predicted octanol–water partition coefficient (Wildman–Crippen LogP) is -0.593. The summed E-state index contributed by atoms with van der Waals surface area (Å²) < 4.78 is 0. The van der Waals surface area contributed by atoms with E-state index >= 15 is 0 Å². The smallest absolute Gasteiger partial charge is 0.305 e. The molecule has 0 unspecified atom stereocenters. The molecule has 0 heterocycles. The lowest BCUT2D eigenvalue weighted by molar-refractivity contribution is -0.139. The summed E-state index contributed by atoms with van der Waals surface area (Å²) in [6, 6.07) is 0. The van der Waals surface area contributed by atoms with E-state index in [1.807, 2.05) is 0 Å². The number of carboxylic acids is 1. The first kappa shape index (κ1) is 9.39. The summed E-state index contributed by atoms with van der Waals surface area (Å²) >= 11 is 0. The molecule has 0 aromatic carbocycles. The van der Waals surface area contributed by atoms with Crippen LogP contribution in [-0.2, 0) is 4.79 Å². The fraction of sp³-hybridized carbons (Fsp3) is 0.667. The maximum absolute atomic E-state index is 9.93. The quantitative estimate of drug-likeness (QED) is 0.496. The number of carboxylic acid groups (broad SMARTS) is 1. The van der Waals surface area contributed by atoms with Gasteiger partial charge in [-0.2, -0.15) is 0 Å². The summed E-state index contributed by atoms with van der Waals surface area (Å²) in [7, 11) is 0. The van der Waals surface area contributed by atoms with Gasteiger partial charge in [-0.15, -0.1) is 0 Å². The molecule has 0 saturated heterocycles. The molecule has 0 aliphatic carbocycles. The summed E-state index contributed by atoms with van der Waals surface area (Å²) in [6.07, 6.45) is -2.22. The molecule has 0 aliphatic rings. The van der Waals surface area contributed by atoms with Crippen LogP contribution in [0.5, 0.6) is 0 Å². The molecule has 0 amide bonds. The molecule has 0 aliphatic heterocycles. The highest BCUT2D eigenvalue weighted by atomic mass is 16.4. The molecular formula is C6H11O4. The molecule has 0 aromatic rings. The zero-order chi connectivity index (χ0) is 8.15. The lowest BCUT2D eigenvalue weighted by Gasteiger charge is -2.08. The monoisotopic (exact) mass is 147 g/mol. The highest BCUT2D eigenvalue weighted by Crippen LogP contribution is 2.00. The number of aliphatic hydroxyl groups excluding tert-OH is 2. The molecule has 3 N–H and O–H groups in total. The van der Waals surface area contributed by atoms with Crippen molar-refractivity contribution in [3.63, 3.8) is 0 Å². The Bertz CT molecular complexity index is 110. The van der Waals surface area contributed by atoms with Crippen molar-refractivity contribution in [3.8, 4) is 0 Å². The minimum Gasteiger partial charge on any atom is -0.481 e. The van der Waals surface area contributed by atoms with E-state index in [2.05, 4.69) is 6.92 Å². The standard InChI is InChI=1S/C6H11O4/c1-4(7)2-5(8)3-6(9)10/h4-5,7-8H,1-3H2,(H,9,10)/t4-,5+/m0/s1. The van der Waals surface area contributed by atoms with Crippen LogP contribution in [0.15, 0.2) is 0 Å². The summed E-state index contributed by atoms with van der Waals surface area (Å²) in [5.41, 5.74) is 0. The molecule has 59 valence electrons. The van der Waals surface area contributed by atoms with Crippen LogP contribution in [0.4, 0.5) is 0 Å². The molecule has 4 heteroatoms. The Morgan fingerprint density at radius 1 is 1.50 bits per heavy atom. The van der Waals surface area contributed by atoms with Crippen LogP contribution in [-0.4, -0.2) is 33.5 Å². The average molecular weight is 147 g/mol. The molecule has 2 atom stereocenters. The van der Waals surface area contributed by atoms with Crippen molar-refractivity contribution >= 4 is 5.97 Å². The van der Waals surface area contributed by atoms with Gasteiger partial charge in [0.1, 0.15) is 0 Å². The van der Waals surface area contributed by atoms with Gasteiger partial charge in [0.25, 0.3) is 0 Å². The Morgan fingerprint density at radius 3 is 2.30 bits per heavy atom. The van der Waals surface area contributed by atoms with Gasteiger partial charge in [0, 0.05) is 0 Å². The molecule has 4 nitrogen and oxygen atoms in total. The molecule has 0 aromatic heterocycles.